The van der Waals surface area contributed by atoms with Crippen LogP contribution in [0.25, 0.3) is 0 Å². The van der Waals surface area contributed by atoms with Crippen LogP contribution >= 0.6 is 0 Å². The molecular formula is C15H18N2O4. The van der Waals surface area contributed by atoms with Gasteiger partial charge in [-0.1, -0.05) is 35.1 Å². The van der Waals surface area contributed by atoms with Crippen molar-refractivity contribution in [1.82, 2.24) is 9.30 Å². The van der Waals surface area contributed by atoms with Gasteiger partial charge in [-0.05, 0) is 19.4 Å². The van der Waals surface area contributed by atoms with Crippen LogP contribution < -0.4 is 11.2 Å². The molecule has 112 valence electrons. The van der Waals surface area contributed by atoms with Crippen LogP contribution in [0.2, 0.25) is 0 Å². The van der Waals surface area contributed by atoms with Crippen LogP contribution in [0.1, 0.15) is 23.7 Å². The van der Waals surface area contributed by atoms with Crippen LogP contribution in [0.3, 0.4) is 0 Å². The van der Waals surface area contributed by atoms with E-state index in [1.54, 1.807) is 13.8 Å². The quantitative estimate of drug-likeness (QED) is 0.838. The van der Waals surface area contributed by atoms with Gasteiger partial charge in [-0.25, -0.2) is 4.79 Å². The van der Waals surface area contributed by atoms with Gasteiger partial charge in [0.25, 0.3) is 5.56 Å². The molecule has 1 heterocycles. The summed E-state index contributed by atoms with van der Waals surface area (Å²) in [5, 5.41) is 9.69. The lowest BCUT2D eigenvalue weighted by atomic mass is 10.1. The predicted molar refractivity (Wildman–Crippen MR) is 77.8 cm³/mol. The number of rotatable bonds is 5. The van der Waals surface area contributed by atoms with E-state index in [1.165, 1.54) is 4.57 Å². The largest absolute Gasteiger partial charge is 0.421 e. The summed E-state index contributed by atoms with van der Waals surface area (Å²) in [7, 11) is 0. The van der Waals surface area contributed by atoms with Crippen molar-refractivity contribution in [3.63, 3.8) is 0 Å². The monoisotopic (exact) mass is 290 g/mol. The van der Waals surface area contributed by atoms with Crippen LogP contribution in [-0.4, -0.2) is 21.1 Å². The lowest BCUT2D eigenvalue weighted by Crippen LogP contribution is -2.42. The van der Waals surface area contributed by atoms with Crippen LogP contribution in [0.5, 0.6) is 0 Å². The summed E-state index contributed by atoms with van der Waals surface area (Å²) in [5.41, 5.74) is 0.340. The fraction of sp³-hybridized carbons (Fsp3) is 0.333. The van der Waals surface area contributed by atoms with Gasteiger partial charge in [-0.15, -0.1) is 0 Å². The molecule has 0 aliphatic rings. The van der Waals surface area contributed by atoms with Crippen molar-refractivity contribution < 1.29 is 9.94 Å². The molecule has 2 aromatic rings. The van der Waals surface area contributed by atoms with Crippen LogP contribution in [-0.2, 0) is 17.9 Å². The zero-order valence-electron chi connectivity index (χ0n) is 12.1. The third-order valence-corrected chi connectivity index (χ3v) is 3.35. The van der Waals surface area contributed by atoms with E-state index in [0.29, 0.717) is 24.3 Å². The Bertz CT molecular complexity index is 732. The zero-order chi connectivity index (χ0) is 15.4. The number of benzene rings is 1. The first-order valence-electron chi connectivity index (χ1n) is 6.72. The molecule has 0 atom stereocenters. The molecule has 0 saturated heterocycles. The number of hydrogen-bond acceptors (Lipinski definition) is 4. The molecule has 6 heteroatoms. The molecule has 0 spiro atoms. The lowest BCUT2D eigenvalue weighted by Gasteiger charge is -2.14. The molecule has 0 unspecified atom stereocenters. The Labute approximate surface area is 121 Å². The fourth-order valence-corrected chi connectivity index (χ4v) is 2.13. The lowest BCUT2D eigenvalue weighted by molar-refractivity contribution is 0.0704. The maximum absolute atomic E-state index is 12.1. The van der Waals surface area contributed by atoms with E-state index in [1.807, 2.05) is 30.3 Å². The summed E-state index contributed by atoms with van der Waals surface area (Å²) in [5.74, 6) is 0. The highest BCUT2D eigenvalue weighted by Crippen LogP contribution is 2.09. The fourth-order valence-electron chi connectivity index (χ4n) is 2.13. The minimum absolute atomic E-state index is 0.00377. The second-order valence-electron chi connectivity index (χ2n) is 4.68. The van der Waals surface area contributed by atoms with Gasteiger partial charge in [0.05, 0.1) is 0 Å². The van der Waals surface area contributed by atoms with Crippen molar-refractivity contribution in [2.75, 3.05) is 6.61 Å². The number of nitrogens with zero attached hydrogens (tertiary/aromatic N) is 2. The van der Waals surface area contributed by atoms with E-state index in [-0.39, 0.29) is 11.5 Å². The maximum atomic E-state index is 12.1. The highest BCUT2D eigenvalue weighted by molar-refractivity contribution is 5.27. The Kier molecular flexibility index (Phi) is 4.59. The van der Waals surface area contributed by atoms with E-state index in [4.69, 9.17) is 4.74 Å². The van der Waals surface area contributed by atoms with Gasteiger partial charge < -0.3 is 9.94 Å². The Balaban J connectivity index is 2.52. The average molecular weight is 290 g/mol. The summed E-state index contributed by atoms with van der Waals surface area (Å²) in [4.78, 5) is 24.0. The standard InChI is InChI=1S/C15H18N2O4/c1-3-21-10-16-11(2)13(14(18)17(20)15(16)19)9-12-7-5-4-6-8-12/h4-8,20H,3,9-10H2,1-2H3. The highest BCUT2D eigenvalue weighted by Gasteiger charge is 2.16. The second kappa shape index (κ2) is 6.41. The SMILES string of the molecule is CCOCn1c(C)c(Cc2ccccc2)c(=O)n(O)c1=O. The van der Waals surface area contributed by atoms with Crippen LogP contribution in [0, 0.1) is 6.92 Å². The molecule has 0 saturated carbocycles. The van der Waals surface area contributed by atoms with Gasteiger partial charge in [-0.3, -0.25) is 9.36 Å². The molecule has 2 rings (SSSR count). The molecule has 0 radical (unpaired) electrons. The van der Waals surface area contributed by atoms with Crippen molar-refractivity contribution in [3.8, 4) is 0 Å². The van der Waals surface area contributed by atoms with Crippen LogP contribution in [0.4, 0.5) is 0 Å². The van der Waals surface area contributed by atoms with E-state index < -0.39 is 11.2 Å². The zero-order valence-corrected chi connectivity index (χ0v) is 12.1. The van der Waals surface area contributed by atoms with E-state index >= 15 is 0 Å². The molecule has 1 aromatic carbocycles. The van der Waals surface area contributed by atoms with Crippen molar-refractivity contribution in [3.05, 3.63) is 68.0 Å². The van der Waals surface area contributed by atoms with E-state index in [9.17, 15) is 14.8 Å². The van der Waals surface area contributed by atoms with Gasteiger partial charge in [0.15, 0.2) is 0 Å². The summed E-state index contributed by atoms with van der Waals surface area (Å²) >= 11 is 0. The number of hydrogen-bond donors (Lipinski definition) is 1. The minimum Gasteiger partial charge on any atom is -0.421 e. The molecule has 0 aliphatic carbocycles. The van der Waals surface area contributed by atoms with Crippen molar-refractivity contribution in [2.24, 2.45) is 0 Å². The van der Waals surface area contributed by atoms with E-state index in [2.05, 4.69) is 0 Å². The Hall–Kier alpha value is -2.34. The van der Waals surface area contributed by atoms with Gasteiger partial charge in [0.1, 0.15) is 6.73 Å². The summed E-state index contributed by atoms with van der Waals surface area (Å²) in [6.45, 7) is 3.93. The summed E-state index contributed by atoms with van der Waals surface area (Å²) < 4.78 is 6.61. The topological polar surface area (TPSA) is 73.5 Å². The Morgan fingerprint density at radius 3 is 2.48 bits per heavy atom. The van der Waals surface area contributed by atoms with Gasteiger partial charge in [0.2, 0.25) is 0 Å². The molecule has 0 aliphatic heterocycles. The minimum atomic E-state index is -0.789. The maximum Gasteiger partial charge on any atom is 0.366 e. The molecular weight excluding hydrogens is 272 g/mol. The molecule has 0 bridgehead atoms. The molecule has 6 nitrogen and oxygen atoms in total. The second-order valence-corrected chi connectivity index (χ2v) is 4.68. The first-order valence-corrected chi connectivity index (χ1v) is 6.72. The predicted octanol–water partition coefficient (Wildman–Crippen LogP) is 1.14. The molecule has 0 amide bonds. The van der Waals surface area contributed by atoms with Crippen molar-refractivity contribution in [2.45, 2.75) is 27.0 Å². The molecule has 21 heavy (non-hydrogen) atoms. The molecule has 0 fully saturated rings. The Morgan fingerprint density at radius 2 is 1.86 bits per heavy atom. The first-order chi connectivity index (χ1) is 10.1. The average Bonchev–Trinajstić information content (AvgIpc) is 2.51. The molecule has 1 N–H and O–H groups in total. The number of ether oxygens (including phenoxy) is 1. The first kappa shape index (κ1) is 15.1. The normalized spacial score (nSPS) is 10.8. The Morgan fingerprint density at radius 1 is 1.19 bits per heavy atom. The molecule has 1 aromatic heterocycles. The van der Waals surface area contributed by atoms with Crippen LogP contribution in [0.15, 0.2) is 39.9 Å². The highest BCUT2D eigenvalue weighted by atomic mass is 16.5. The summed E-state index contributed by atoms with van der Waals surface area (Å²) in [6, 6.07) is 9.41. The third kappa shape index (κ3) is 3.05. The van der Waals surface area contributed by atoms with Crippen molar-refractivity contribution >= 4 is 0 Å². The van der Waals surface area contributed by atoms with E-state index in [0.717, 1.165) is 5.56 Å². The van der Waals surface area contributed by atoms with Gasteiger partial charge >= 0.3 is 5.69 Å². The van der Waals surface area contributed by atoms with Crippen molar-refractivity contribution in [1.29, 1.82) is 0 Å². The van der Waals surface area contributed by atoms with Gasteiger partial charge in [0, 0.05) is 24.3 Å². The third-order valence-electron chi connectivity index (χ3n) is 3.35. The smallest absolute Gasteiger partial charge is 0.366 e. The number of aromatic nitrogens is 2. The summed E-state index contributed by atoms with van der Waals surface area (Å²) in [6.07, 6.45) is 0.346. The van der Waals surface area contributed by atoms with Gasteiger partial charge in [-0.2, -0.15) is 0 Å².